The number of nitrogens with one attached hydrogen (secondary N) is 1. The molecule has 94 valence electrons. The number of carbonyl (C=O) groups is 2. The minimum absolute atomic E-state index is 0.0289. The highest BCUT2D eigenvalue weighted by atomic mass is 16.4. The fourth-order valence-electron chi connectivity index (χ4n) is 1.22. The monoisotopic (exact) mass is 230 g/mol. The number of nitrogens with zero attached hydrogens (tertiary/aromatic N) is 1. The smallest absolute Gasteiger partial charge is 0.326 e. The zero-order valence-electron chi connectivity index (χ0n) is 10.7. The molecule has 0 fully saturated rings. The Balaban J connectivity index is 4.43. The average molecular weight is 230 g/mol. The first-order valence-electron chi connectivity index (χ1n) is 5.57. The lowest BCUT2D eigenvalue weighted by atomic mass is 10.1. The van der Waals surface area contributed by atoms with Gasteiger partial charge in [-0.15, -0.1) is 0 Å². The largest absolute Gasteiger partial charge is 0.480 e. The van der Waals surface area contributed by atoms with Crippen molar-refractivity contribution in [2.45, 2.75) is 46.2 Å². The van der Waals surface area contributed by atoms with Crippen LogP contribution in [-0.4, -0.2) is 41.1 Å². The van der Waals surface area contributed by atoms with E-state index in [2.05, 4.69) is 5.32 Å². The van der Waals surface area contributed by atoms with Crippen LogP contribution >= 0.6 is 0 Å². The van der Waals surface area contributed by atoms with Crippen molar-refractivity contribution in [2.75, 3.05) is 7.05 Å². The Morgan fingerprint density at radius 3 is 2.12 bits per heavy atom. The van der Waals surface area contributed by atoms with Gasteiger partial charge in [0.05, 0.1) is 0 Å². The van der Waals surface area contributed by atoms with Crippen LogP contribution in [0.1, 0.15) is 34.1 Å². The Morgan fingerprint density at radius 2 is 1.81 bits per heavy atom. The second kappa shape index (κ2) is 6.35. The summed E-state index contributed by atoms with van der Waals surface area (Å²) in [5, 5.41) is 11.7. The number of carboxylic acid groups (broad SMARTS) is 1. The van der Waals surface area contributed by atoms with E-state index in [0.717, 1.165) is 0 Å². The lowest BCUT2D eigenvalue weighted by Crippen LogP contribution is -2.50. The number of rotatable bonds is 5. The molecule has 0 radical (unpaired) electrons. The van der Waals surface area contributed by atoms with E-state index in [0.29, 0.717) is 12.3 Å². The van der Waals surface area contributed by atoms with E-state index in [1.807, 2.05) is 20.8 Å². The van der Waals surface area contributed by atoms with E-state index in [1.54, 1.807) is 6.92 Å². The first-order valence-corrected chi connectivity index (χ1v) is 5.57. The normalized spacial score (nSPS) is 14.4. The molecular weight excluding hydrogens is 208 g/mol. The molecule has 5 heteroatoms. The lowest BCUT2D eigenvalue weighted by molar-refractivity contribution is -0.141. The van der Waals surface area contributed by atoms with Gasteiger partial charge < -0.3 is 15.3 Å². The molecule has 0 aliphatic heterocycles. The molecule has 0 spiro atoms. The predicted octanol–water partition coefficient (Wildman–Crippen LogP) is 1.54. The van der Waals surface area contributed by atoms with Crippen molar-refractivity contribution >= 4 is 12.0 Å². The number of hydrogen-bond donors (Lipinski definition) is 2. The molecule has 0 saturated carbocycles. The minimum atomic E-state index is -0.975. The third kappa shape index (κ3) is 4.08. The summed E-state index contributed by atoms with van der Waals surface area (Å²) in [7, 11) is 1.50. The molecule has 0 saturated heterocycles. The zero-order chi connectivity index (χ0) is 12.9. The highest BCUT2D eigenvalue weighted by Gasteiger charge is 2.25. The molecule has 5 nitrogen and oxygen atoms in total. The Labute approximate surface area is 96.8 Å². The van der Waals surface area contributed by atoms with E-state index < -0.39 is 12.0 Å². The van der Waals surface area contributed by atoms with Crippen molar-refractivity contribution in [3.05, 3.63) is 0 Å². The van der Waals surface area contributed by atoms with Crippen LogP contribution in [0.3, 0.4) is 0 Å². The van der Waals surface area contributed by atoms with Gasteiger partial charge in [-0.05, 0) is 19.3 Å². The van der Waals surface area contributed by atoms with Gasteiger partial charge in [-0.2, -0.15) is 0 Å². The van der Waals surface area contributed by atoms with Gasteiger partial charge in [0.1, 0.15) is 6.04 Å². The van der Waals surface area contributed by atoms with E-state index >= 15 is 0 Å². The lowest BCUT2D eigenvalue weighted by Gasteiger charge is -2.27. The van der Waals surface area contributed by atoms with Crippen molar-refractivity contribution in [1.29, 1.82) is 0 Å². The Kier molecular flexibility index (Phi) is 5.85. The molecule has 2 unspecified atom stereocenters. The van der Waals surface area contributed by atoms with Crippen molar-refractivity contribution in [3.63, 3.8) is 0 Å². The molecule has 2 N–H and O–H groups in total. The molecule has 0 aromatic rings. The van der Waals surface area contributed by atoms with Gasteiger partial charge in [-0.3, -0.25) is 0 Å². The quantitative estimate of drug-likeness (QED) is 0.752. The van der Waals surface area contributed by atoms with Crippen LogP contribution in [-0.2, 0) is 4.79 Å². The fraction of sp³-hybridized carbons (Fsp3) is 0.818. The number of likely N-dealkylation sites (N-methyl/N-ethyl adjacent to an activating group) is 1. The fourth-order valence-corrected chi connectivity index (χ4v) is 1.22. The van der Waals surface area contributed by atoms with Gasteiger partial charge in [-0.1, -0.05) is 20.8 Å². The molecule has 0 aromatic carbocycles. The summed E-state index contributed by atoms with van der Waals surface area (Å²) in [6.07, 6.45) is 0.398. The van der Waals surface area contributed by atoms with Crippen LogP contribution in [0.25, 0.3) is 0 Å². The molecule has 0 aromatic heterocycles. The minimum Gasteiger partial charge on any atom is -0.480 e. The molecule has 0 bridgehead atoms. The standard InChI is InChI=1S/C11H22N2O3/c1-6-9(10(14)15)13(5)11(16)12-8(4)7(2)3/h7-9H,6H2,1-5H3,(H,12,16)(H,14,15). The maximum absolute atomic E-state index is 11.7. The van der Waals surface area contributed by atoms with Crippen LogP contribution < -0.4 is 5.32 Å². The predicted molar refractivity (Wildman–Crippen MR) is 62.3 cm³/mol. The number of amides is 2. The highest BCUT2D eigenvalue weighted by Crippen LogP contribution is 2.05. The van der Waals surface area contributed by atoms with E-state index in [-0.39, 0.29) is 12.1 Å². The van der Waals surface area contributed by atoms with Crippen LogP contribution in [0, 0.1) is 5.92 Å². The Bertz CT molecular complexity index is 254. The van der Waals surface area contributed by atoms with Crippen LogP contribution in [0.2, 0.25) is 0 Å². The number of carbonyl (C=O) groups excluding carboxylic acids is 1. The highest BCUT2D eigenvalue weighted by molar-refractivity contribution is 5.82. The van der Waals surface area contributed by atoms with E-state index in [4.69, 9.17) is 5.11 Å². The molecule has 16 heavy (non-hydrogen) atoms. The SMILES string of the molecule is CCC(C(=O)O)N(C)C(=O)NC(C)C(C)C. The van der Waals surface area contributed by atoms with Crippen LogP contribution in [0.15, 0.2) is 0 Å². The number of hydrogen-bond acceptors (Lipinski definition) is 2. The van der Waals surface area contributed by atoms with Gasteiger partial charge in [0, 0.05) is 13.1 Å². The summed E-state index contributed by atoms with van der Waals surface area (Å²) in [5.41, 5.74) is 0. The summed E-state index contributed by atoms with van der Waals surface area (Å²) in [6.45, 7) is 7.64. The van der Waals surface area contributed by atoms with Crippen molar-refractivity contribution < 1.29 is 14.7 Å². The molecule has 2 atom stereocenters. The second-order valence-electron chi connectivity index (χ2n) is 4.36. The number of carboxylic acids is 1. The number of urea groups is 1. The Hall–Kier alpha value is -1.26. The summed E-state index contributed by atoms with van der Waals surface area (Å²) >= 11 is 0. The van der Waals surface area contributed by atoms with Gasteiger partial charge in [-0.25, -0.2) is 9.59 Å². The maximum Gasteiger partial charge on any atom is 0.326 e. The van der Waals surface area contributed by atoms with E-state index in [9.17, 15) is 9.59 Å². The van der Waals surface area contributed by atoms with Crippen molar-refractivity contribution in [1.82, 2.24) is 10.2 Å². The molecular formula is C11H22N2O3. The summed E-state index contributed by atoms with van der Waals surface area (Å²) in [5.74, 6) is -0.653. The molecule has 0 aliphatic rings. The molecule has 0 rings (SSSR count). The van der Waals surface area contributed by atoms with E-state index in [1.165, 1.54) is 11.9 Å². The van der Waals surface area contributed by atoms with Gasteiger partial charge in [0.25, 0.3) is 0 Å². The summed E-state index contributed by atoms with van der Waals surface area (Å²) in [4.78, 5) is 23.8. The number of aliphatic carboxylic acids is 1. The van der Waals surface area contributed by atoms with Crippen molar-refractivity contribution in [2.24, 2.45) is 5.92 Å². The first kappa shape index (κ1) is 14.7. The maximum atomic E-state index is 11.7. The van der Waals surface area contributed by atoms with Gasteiger partial charge >= 0.3 is 12.0 Å². The van der Waals surface area contributed by atoms with Crippen LogP contribution in [0.5, 0.6) is 0 Å². The molecule has 2 amide bonds. The third-order valence-corrected chi connectivity index (χ3v) is 2.81. The third-order valence-electron chi connectivity index (χ3n) is 2.81. The van der Waals surface area contributed by atoms with Gasteiger partial charge in [0.2, 0.25) is 0 Å². The first-order chi connectivity index (χ1) is 7.31. The van der Waals surface area contributed by atoms with Crippen molar-refractivity contribution in [3.8, 4) is 0 Å². The molecule has 0 aliphatic carbocycles. The topological polar surface area (TPSA) is 69.6 Å². The second-order valence-corrected chi connectivity index (χ2v) is 4.36. The zero-order valence-corrected chi connectivity index (χ0v) is 10.7. The summed E-state index contributed by atoms with van der Waals surface area (Å²) in [6, 6.07) is -1.07. The Morgan fingerprint density at radius 1 is 1.31 bits per heavy atom. The average Bonchev–Trinajstić information content (AvgIpc) is 2.17. The summed E-state index contributed by atoms with van der Waals surface area (Å²) < 4.78 is 0. The van der Waals surface area contributed by atoms with Gasteiger partial charge in [0.15, 0.2) is 0 Å². The molecule has 0 heterocycles. The van der Waals surface area contributed by atoms with Crippen LogP contribution in [0.4, 0.5) is 4.79 Å².